The summed E-state index contributed by atoms with van der Waals surface area (Å²) in [5.41, 5.74) is 5.01. The summed E-state index contributed by atoms with van der Waals surface area (Å²) in [6.07, 6.45) is 1.73. The highest BCUT2D eigenvalue weighted by Crippen LogP contribution is 2.25. The molecule has 0 radical (unpaired) electrons. The van der Waals surface area contributed by atoms with Gasteiger partial charge in [-0.1, -0.05) is 12.1 Å². The third kappa shape index (κ3) is 3.67. The SMILES string of the molecule is CCN(CC)c1ccc(C=Nc2cc(C)ccc2C)c(O)c1. The Morgan fingerprint density at radius 2 is 1.77 bits per heavy atom. The van der Waals surface area contributed by atoms with E-state index in [1.165, 1.54) is 5.56 Å². The van der Waals surface area contributed by atoms with Crippen LogP contribution >= 0.6 is 0 Å². The molecule has 0 aromatic heterocycles. The van der Waals surface area contributed by atoms with Gasteiger partial charge in [-0.05, 0) is 57.0 Å². The van der Waals surface area contributed by atoms with Gasteiger partial charge in [0.2, 0.25) is 0 Å². The van der Waals surface area contributed by atoms with Crippen LogP contribution in [0.5, 0.6) is 5.75 Å². The van der Waals surface area contributed by atoms with Crippen LogP contribution in [0.15, 0.2) is 41.4 Å². The topological polar surface area (TPSA) is 35.8 Å². The van der Waals surface area contributed by atoms with E-state index in [1.54, 1.807) is 12.3 Å². The number of rotatable bonds is 5. The van der Waals surface area contributed by atoms with Crippen LogP contribution in [0.4, 0.5) is 11.4 Å². The van der Waals surface area contributed by atoms with Gasteiger partial charge in [0.15, 0.2) is 0 Å². The van der Waals surface area contributed by atoms with E-state index < -0.39 is 0 Å². The second-order valence-corrected chi connectivity index (χ2v) is 5.46. The maximum absolute atomic E-state index is 10.2. The van der Waals surface area contributed by atoms with Crippen molar-refractivity contribution in [3.05, 3.63) is 53.1 Å². The zero-order valence-electron chi connectivity index (χ0n) is 13.8. The molecule has 116 valence electrons. The van der Waals surface area contributed by atoms with E-state index in [2.05, 4.69) is 42.8 Å². The maximum atomic E-state index is 10.2. The smallest absolute Gasteiger partial charge is 0.126 e. The monoisotopic (exact) mass is 296 g/mol. The standard InChI is InChI=1S/C19H24N2O/c1-5-21(6-2)17-10-9-16(19(22)12-17)13-20-18-11-14(3)7-8-15(18)4/h7-13,22H,5-6H2,1-4H3. The Hall–Kier alpha value is -2.29. The molecule has 0 unspecified atom stereocenters. The van der Waals surface area contributed by atoms with Crippen molar-refractivity contribution >= 4 is 17.6 Å². The predicted octanol–water partition coefficient (Wildman–Crippen LogP) is 4.61. The first-order chi connectivity index (χ1) is 10.5. The summed E-state index contributed by atoms with van der Waals surface area (Å²) in [5, 5.41) is 10.2. The number of hydrogen-bond acceptors (Lipinski definition) is 3. The summed E-state index contributed by atoms with van der Waals surface area (Å²) >= 11 is 0. The van der Waals surface area contributed by atoms with E-state index in [0.717, 1.165) is 35.6 Å². The van der Waals surface area contributed by atoms with Crippen LogP contribution in [-0.4, -0.2) is 24.4 Å². The van der Waals surface area contributed by atoms with E-state index in [9.17, 15) is 5.11 Å². The number of benzene rings is 2. The number of hydrogen-bond donors (Lipinski definition) is 1. The Labute approximate surface area is 132 Å². The zero-order chi connectivity index (χ0) is 16.1. The molecule has 22 heavy (non-hydrogen) atoms. The number of anilines is 1. The van der Waals surface area contributed by atoms with Gasteiger partial charge in [-0.25, -0.2) is 0 Å². The van der Waals surface area contributed by atoms with Gasteiger partial charge in [0, 0.05) is 36.6 Å². The summed E-state index contributed by atoms with van der Waals surface area (Å²) in [4.78, 5) is 6.71. The fraction of sp³-hybridized carbons (Fsp3) is 0.316. The van der Waals surface area contributed by atoms with Crippen LogP contribution in [0.3, 0.4) is 0 Å². The van der Waals surface area contributed by atoms with Crippen LogP contribution in [0.1, 0.15) is 30.5 Å². The average molecular weight is 296 g/mol. The van der Waals surface area contributed by atoms with Crippen molar-refractivity contribution in [3.63, 3.8) is 0 Å². The lowest BCUT2D eigenvalue weighted by atomic mass is 10.1. The minimum Gasteiger partial charge on any atom is -0.507 e. The second-order valence-electron chi connectivity index (χ2n) is 5.46. The minimum absolute atomic E-state index is 0.262. The van der Waals surface area contributed by atoms with Gasteiger partial charge < -0.3 is 10.0 Å². The predicted molar refractivity (Wildman–Crippen MR) is 94.8 cm³/mol. The first-order valence-electron chi connectivity index (χ1n) is 7.74. The fourth-order valence-electron chi connectivity index (χ4n) is 2.42. The Kier molecular flexibility index (Phi) is 5.21. The maximum Gasteiger partial charge on any atom is 0.126 e. The molecular formula is C19H24N2O. The highest BCUT2D eigenvalue weighted by Gasteiger charge is 2.05. The summed E-state index contributed by atoms with van der Waals surface area (Å²) in [6.45, 7) is 10.1. The van der Waals surface area contributed by atoms with Crippen LogP contribution in [0.2, 0.25) is 0 Å². The summed E-state index contributed by atoms with van der Waals surface area (Å²) < 4.78 is 0. The van der Waals surface area contributed by atoms with Gasteiger partial charge in [-0.3, -0.25) is 4.99 Å². The number of aromatic hydroxyl groups is 1. The number of phenolic OH excluding ortho intramolecular Hbond substituents is 1. The molecule has 2 aromatic rings. The molecule has 0 saturated heterocycles. The quantitative estimate of drug-likeness (QED) is 0.818. The molecule has 0 saturated carbocycles. The largest absolute Gasteiger partial charge is 0.507 e. The highest BCUT2D eigenvalue weighted by atomic mass is 16.3. The molecule has 2 rings (SSSR count). The molecule has 0 aliphatic heterocycles. The molecule has 0 aliphatic rings. The van der Waals surface area contributed by atoms with Gasteiger partial charge in [0.1, 0.15) is 5.75 Å². The van der Waals surface area contributed by atoms with Crippen LogP contribution in [0.25, 0.3) is 0 Å². The molecule has 2 aromatic carbocycles. The lowest BCUT2D eigenvalue weighted by molar-refractivity contribution is 0.474. The van der Waals surface area contributed by atoms with E-state index in [-0.39, 0.29) is 5.75 Å². The molecule has 1 N–H and O–H groups in total. The van der Waals surface area contributed by atoms with Crippen molar-refractivity contribution in [1.29, 1.82) is 0 Å². The van der Waals surface area contributed by atoms with Gasteiger partial charge >= 0.3 is 0 Å². The Morgan fingerprint density at radius 1 is 1.05 bits per heavy atom. The summed E-state index contributed by atoms with van der Waals surface area (Å²) in [6, 6.07) is 11.9. The van der Waals surface area contributed by atoms with Gasteiger partial charge in [0.05, 0.1) is 5.69 Å². The Balaban J connectivity index is 2.26. The third-order valence-corrected chi connectivity index (χ3v) is 3.85. The van der Waals surface area contributed by atoms with Gasteiger partial charge in [0.25, 0.3) is 0 Å². The molecular weight excluding hydrogens is 272 g/mol. The number of phenols is 1. The molecule has 0 aliphatic carbocycles. The number of nitrogens with zero attached hydrogens (tertiary/aromatic N) is 2. The second kappa shape index (κ2) is 7.12. The lowest BCUT2D eigenvalue weighted by Crippen LogP contribution is -2.21. The molecule has 0 bridgehead atoms. The van der Waals surface area contributed by atoms with Crippen molar-refractivity contribution < 1.29 is 5.11 Å². The van der Waals surface area contributed by atoms with Crippen LogP contribution < -0.4 is 4.90 Å². The Bertz CT molecular complexity index is 673. The minimum atomic E-state index is 0.262. The normalized spacial score (nSPS) is 11.1. The van der Waals surface area contributed by atoms with Crippen molar-refractivity contribution in [3.8, 4) is 5.75 Å². The van der Waals surface area contributed by atoms with Crippen LogP contribution in [0, 0.1) is 13.8 Å². The number of aliphatic imine (C=N–C) groups is 1. The van der Waals surface area contributed by atoms with Crippen molar-refractivity contribution in [2.45, 2.75) is 27.7 Å². The Morgan fingerprint density at radius 3 is 2.41 bits per heavy atom. The summed E-state index contributed by atoms with van der Waals surface area (Å²) in [5.74, 6) is 0.262. The van der Waals surface area contributed by atoms with E-state index in [1.807, 2.05) is 25.1 Å². The molecule has 0 spiro atoms. The van der Waals surface area contributed by atoms with E-state index >= 15 is 0 Å². The molecule has 0 atom stereocenters. The molecule has 0 amide bonds. The van der Waals surface area contributed by atoms with E-state index in [0.29, 0.717) is 0 Å². The zero-order valence-corrected chi connectivity index (χ0v) is 13.8. The summed E-state index contributed by atoms with van der Waals surface area (Å²) in [7, 11) is 0. The van der Waals surface area contributed by atoms with Crippen molar-refractivity contribution in [2.75, 3.05) is 18.0 Å². The van der Waals surface area contributed by atoms with Gasteiger partial charge in [-0.2, -0.15) is 0 Å². The molecule has 0 heterocycles. The molecule has 3 heteroatoms. The van der Waals surface area contributed by atoms with E-state index in [4.69, 9.17) is 0 Å². The molecule has 3 nitrogen and oxygen atoms in total. The van der Waals surface area contributed by atoms with Gasteiger partial charge in [-0.15, -0.1) is 0 Å². The first kappa shape index (κ1) is 16.1. The first-order valence-corrected chi connectivity index (χ1v) is 7.74. The number of aryl methyl sites for hydroxylation is 2. The average Bonchev–Trinajstić information content (AvgIpc) is 2.51. The van der Waals surface area contributed by atoms with Crippen molar-refractivity contribution in [1.82, 2.24) is 0 Å². The fourth-order valence-corrected chi connectivity index (χ4v) is 2.42. The van der Waals surface area contributed by atoms with Crippen LogP contribution in [-0.2, 0) is 0 Å². The lowest BCUT2D eigenvalue weighted by Gasteiger charge is -2.21. The molecule has 0 fully saturated rings. The van der Waals surface area contributed by atoms with Crippen molar-refractivity contribution in [2.24, 2.45) is 4.99 Å². The third-order valence-electron chi connectivity index (χ3n) is 3.85. The highest BCUT2D eigenvalue weighted by molar-refractivity contribution is 5.86.